The lowest BCUT2D eigenvalue weighted by Crippen LogP contribution is -2.34. The molecule has 4 nitrogen and oxygen atoms in total. The first kappa shape index (κ1) is 12.2. The van der Waals surface area contributed by atoms with E-state index in [1.54, 1.807) is 13.4 Å². The van der Waals surface area contributed by atoms with Crippen LogP contribution in [0, 0.1) is 5.92 Å². The zero-order chi connectivity index (χ0) is 13.2. The molecular weight excluding hydrogens is 238 g/mol. The van der Waals surface area contributed by atoms with Crippen LogP contribution in [0.15, 0.2) is 24.5 Å². The van der Waals surface area contributed by atoms with E-state index >= 15 is 0 Å². The number of hydrogen-bond donors (Lipinski definition) is 0. The number of fused-ring (bicyclic) bond motifs is 1. The van der Waals surface area contributed by atoms with Gasteiger partial charge in [0.05, 0.1) is 12.6 Å². The summed E-state index contributed by atoms with van der Waals surface area (Å²) in [5, 5.41) is 1.08. The van der Waals surface area contributed by atoms with Gasteiger partial charge in [-0.2, -0.15) is 0 Å². The lowest BCUT2D eigenvalue weighted by molar-refractivity contribution is 0.415. The van der Waals surface area contributed by atoms with Crippen molar-refractivity contribution in [2.45, 2.75) is 19.8 Å². The van der Waals surface area contributed by atoms with Crippen LogP contribution in [0.25, 0.3) is 10.9 Å². The quantitative estimate of drug-likeness (QED) is 0.829. The maximum atomic E-state index is 5.31. The molecule has 1 saturated heterocycles. The van der Waals surface area contributed by atoms with E-state index in [4.69, 9.17) is 4.74 Å². The Balaban J connectivity index is 2.06. The molecule has 1 aliphatic heterocycles. The Hall–Kier alpha value is -1.84. The summed E-state index contributed by atoms with van der Waals surface area (Å²) in [5.74, 6) is 2.62. The van der Waals surface area contributed by atoms with Crippen LogP contribution < -0.4 is 9.64 Å². The normalized spacial score (nSPS) is 19.7. The molecule has 4 heteroatoms. The highest BCUT2D eigenvalue weighted by molar-refractivity contribution is 5.90. The molecule has 0 radical (unpaired) electrons. The Kier molecular flexibility index (Phi) is 3.23. The predicted molar refractivity (Wildman–Crippen MR) is 76.7 cm³/mol. The molecule has 19 heavy (non-hydrogen) atoms. The fourth-order valence-corrected chi connectivity index (χ4v) is 2.78. The van der Waals surface area contributed by atoms with Crippen molar-refractivity contribution in [2.24, 2.45) is 5.92 Å². The minimum atomic E-state index is 0.726. The summed E-state index contributed by atoms with van der Waals surface area (Å²) in [6.07, 6.45) is 4.20. The molecule has 0 N–H and O–H groups in total. The highest BCUT2D eigenvalue weighted by Gasteiger charge is 2.19. The van der Waals surface area contributed by atoms with Crippen molar-refractivity contribution < 1.29 is 4.74 Å². The predicted octanol–water partition coefficient (Wildman–Crippen LogP) is 2.87. The van der Waals surface area contributed by atoms with Crippen molar-refractivity contribution in [2.75, 3.05) is 25.1 Å². The van der Waals surface area contributed by atoms with E-state index in [1.165, 1.54) is 12.8 Å². The first-order valence-electron chi connectivity index (χ1n) is 6.81. The van der Waals surface area contributed by atoms with Crippen LogP contribution in [0.3, 0.4) is 0 Å². The topological polar surface area (TPSA) is 38.3 Å². The minimum Gasteiger partial charge on any atom is -0.497 e. The van der Waals surface area contributed by atoms with Crippen LogP contribution in [0.1, 0.15) is 19.8 Å². The van der Waals surface area contributed by atoms with E-state index in [1.807, 2.05) is 18.2 Å². The number of anilines is 1. The highest BCUT2D eigenvalue weighted by Crippen LogP contribution is 2.29. The molecule has 0 aliphatic carbocycles. The standard InChI is InChI=1S/C15H19N3O/c1-11-4-3-7-18(9-11)15-13-8-12(19-2)5-6-14(13)16-10-17-15/h5-6,8,10-11H,3-4,7,9H2,1-2H3. The second-order valence-corrected chi connectivity index (χ2v) is 5.27. The number of benzene rings is 1. The van der Waals surface area contributed by atoms with Gasteiger partial charge < -0.3 is 9.64 Å². The Morgan fingerprint density at radius 2 is 2.21 bits per heavy atom. The van der Waals surface area contributed by atoms with Gasteiger partial charge in [-0.15, -0.1) is 0 Å². The number of nitrogens with zero attached hydrogens (tertiary/aromatic N) is 3. The zero-order valence-corrected chi connectivity index (χ0v) is 11.5. The summed E-state index contributed by atoms with van der Waals surface area (Å²) in [6.45, 7) is 4.45. The van der Waals surface area contributed by atoms with Gasteiger partial charge >= 0.3 is 0 Å². The van der Waals surface area contributed by atoms with Gasteiger partial charge in [0.2, 0.25) is 0 Å². The highest BCUT2D eigenvalue weighted by atomic mass is 16.5. The van der Waals surface area contributed by atoms with E-state index in [0.29, 0.717) is 0 Å². The SMILES string of the molecule is COc1ccc2ncnc(N3CCCC(C)C3)c2c1. The first-order valence-corrected chi connectivity index (χ1v) is 6.81. The number of ether oxygens (including phenoxy) is 1. The number of hydrogen-bond acceptors (Lipinski definition) is 4. The zero-order valence-electron chi connectivity index (χ0n) is 11.5. The molecule has 1 aliphatic rings. The number of piperidine rings is 1. The Morgan fingerprint density at radius 1 is 1.32 bits per heavy atom. The maximum absolute atomic E-state index is 5.31. The van der Waals surface area contributed by atoms with Gasteiger partial charge in [-0.3, -0.25) is 0 Å². The van der Waals surface area contributed by atoms with E-state index in [0.717, 1.165) is 41.5 Å². The first-order chi connectivity index (χ1) is 9.28. The van der Waals surface area contributed by atoms with E-state index in [-0.39, 0.29) is 0 Å². The molecule has 1 aromatic heterocycles. The average molecular weight is 257 g/mol. The van der Waals surface area contributed by atoms with Crippen molar-refractivity contribution >= 4 is 16.7 Å². The lowest BCUT2D eigenvalue weighted by Gasteiger charge is -2.32. The molecule has 100 valence electrons. The molecule has 1 fully saturated rings. The molecule has 0 spiro atoms. The molecule has 3 rings (SSSR count). The second-order valence-electron chi connectivity index (χ2n) is 5.27. The lowest BCUT2D eigenvalue weighted by atomic mass is 10.00. The summed E-state index contributed by atoms with van der Waals surface area (Å²) in [4.78, 5) is 11.2. The number of rotatable bonds is 2. The smallest absolute Gasteiger partial charge is 0.140 e. The summed E-state index contributed by atoms with van der Waals surface area (Å²) in [6, 6.07) is 5.97. The molecular formula is C15H19N3O. The molecule has 0 saturated carbocycles. The molecule has 1 unspecified atom stereocenters. The van der Waals surface area contributed by atoms with Gasteiger partial charge in [-0.05, 0) is 37.0 Å². The fourth-order valence-electron chi connectivity index (χ4n) is 2.78. The average Bonchev–Trinajstić information content (AvgIpc) is 2.46. The summed E-state index contributed by atoms with van der Waals surface area (Å²) >= 11 is 0. The molecule has 0 bridgehead atoms. The van der Waals surface area contributed by atoms with Crippen LogP contribution >= 0.6 is 0 Å². The van der Waals surface area contributed by atoms with Crippen molar-refractivity contribution in [1.29, 1.82) is 0 Å². The third-order valence-corrected chi connectivity index (χ3v) is 3.78. The third-order valence-electron chi connectivity index (χ3n) is 3.78. The van der Waals surface area contributed by atoms with Crippen LogP contribution in [-0.2, 0) is 0 Å². The van der Waals surface area contributed by atoms with Crippen molar-refractivity contribution in [3.8, 4) is 5.75 Å². The number of aromatic nitrogens is 2. The van der Waals surface area contributed by atoms with Crippen molar-refractivity contribution in [1.82, 2.24) is 9.97 Å². The van der Waals surface area contributed by atoms with E-state index < -0.39 is 0 Å². The third kappa shape index (κ3) is 2.35. The van der Waals surface area contributed by atoms with Crippen LogP contribution in [0.5, 0.6) is 5.75 Å². The van der Waals surface area contributed by atoms with Gasteiger partial charge in [-0.25, -0.2) is 9.97 Å². The maximum Gasteiger partial charge on any atom is 0.140 e. The van der Waals surface area contributed by atoms with Crippen LogP contribution in [0.4, 0.5) is 5.82 Å². The summed E-state index contributed by atoms with van der Waals surface area (Å²) in [7, 11) is 1.69. The minimum absolute atomic E-state index is 0.726. The second kappa shape index (κ2) is 5.03. The summed E-state index contributed by atoms with van der Waals surface area (Å²) in [5.41, 5.74) is 0.976. The number of methoxy groups -OCH3 is 1. The van der Waals surface area contributed by atoms with Crippen molar-refractivity contribution in [3.05, 3.63) is 24.5 Å². The van der Waals surface area contributed by atoms with E-state index in [2.05, 4.69) is 21.8 Å². The molecule has 1 aromatic carbocycles. The Morgan fingerprint density at radius 3 is 3.00 bits per heavy atom. The largest absolute Gasteiger partial charge is 0.497 e. The Bertz CT molecular complexity index is 585. The van der Waals surface area contributed by atoms with Gasteiger partial charge in [0.1, 0.15) is 17.9 Å². The molecule has 2 aromatic rings. The molecule has 0 amide bonds. The van der Waals surface area contributed by atoms with Gasteiger partial charge in [0, 0.05) is 18.5 Å². The van der Waals surface area contributed by atoms with Gasteiger partial charge in [0.25, 0.3) is 0 Å². The summed E-state index contributed by atoms with van der Waals surface area (Å²) < 4.78 is 5.31. The van der Waals surface area contributed by atoms with Crippen molar-refractivity contribution in [3.63, 3.8) is 0 Å². The van der Waals surface area contributed by atoms with Crippen LogP contribution in [0.2, 0.25) is 0 Å². The van der Waals surface area contributed by atoms with Gasteiger partial charge in [-0.1, -0.05) is 6.92 Å². The van der Waals surface area contributed by atoms with E-state index in [9.17, 15) is 0 Å². The molecule has 1 atom stereocenters. The molecule has 2 heterocycles. The Labute approximate surface area is 113 Å². The monoisotopic (exact) mass is 257 g/mol. The van der Waals surface area contributed by atoms with Gasteiger partial charge in [0.15, 0.2) is 0 Å². The fraction of sp³-hybridized carbons (Fsp3) is 0.467. The van der Waals surface area contributed by atoms with Crippen LogP contribution in [-0.4, -0.2) is 30.2 Å².